The topological polar surface area (TPSA) is 168 Å². The van der Waals surface area contributed by atoms with E-state index in [4.69, 9.17) is 5.73 Å². The summed E-state index contributed by atoms with van der Waals surface area (Å²) < 4.78 is 0. The minimum Gasteiger partial charge on any atom is -0.508 e. The molecule has 6 N–H and O–H groups in total. The molecule has 240 valence electrons. The van der Waals surface area contributed by atoms with E-state index in [2.05, 4.69) is 29.0 Å². The normalized spacial score (nSPS) is 27.2. The lowest BCUT2D eigenvalue weighted by Crippen LogP contribution is -2.65. The number of benzene rings is 2. The fraction of sp³-hybridized carbons (Fsp3) is 0.441. The van der Waals surface area contributed by atoms with Crippen molar-refractivity contribution in [2.45, 2.75) is 38.5 Å². The first-order chi connectivity index (χ1) is 20.8. The van der Waals surface area contributed by atoms with E-state index in [0.717, 1.165) is 49.4 Å². The highest BCUT2D eigenvalue weighted by atomic mass is 16.3. The number of phenols is 1. The Bertz CT molecular complexity index is 1640. The number of hydrogen-bond acceptors (Lipinski definition) is 10. The molecule has 2 fully saturated rings. The third-order valence-electron chi connectivity index (χ3n) is 9.84. The van der Waals surface area contributed by atoms with Gasteiger partial charge in [-0.25, -0.2) is 0 Å². The zero-order chi connectivity index (χ0) is 31.7. The summed E-state index contributed by atoms with van der Waals surface area (Å²) in [7, 11) is 5.28. The maximum atomic E-state index is 14.1. The van der Waals surface area contributed by atoms with E-state index in [1.165, 1.54) is 11.0 Å². The third kappa shape index (κ3) is 5.04. The Morgan fingerprint density at radius 1 is 1.07 bits per heavy atom. The highest BCUT2D eigenvalue weighted by Gasteiger charge is 2.64. The Labute approximate surface area is 262 Å². The van der Waals surface area contributed by atoms with Crippen molar-refractivity contribution in [2.24, 2.45) is 17.6 Å². The zero-order valence-electron chi connectivity index (χ0n) is 25.1. The number of piperazine rings is 1. The molecule has 11 heteroatoms. The van der Waals surface area contributed by atoms with Gasteiger partial charge in [-0.2, -0.15) is 0 Å². The van der Waals surface area contributed by atoms with Crippen LogP contribution in [0.15, 0.2) is 53.3 Å². The van der Waals surface area contributed by atoms with Gasteiger partial charge in [-0.1, -0.05) is 31.7 Å². The first-order valence-electron chi connectivity index (χ1n) is 14.8. The number of ketones is 2. The Morgan fingerprint density at radius 2 is 1.76 bits per heavy atom. The highest BCUT2D eigenvalue weighted by Crippen LogP contribution is 2.53. The van der Waals surface area contributed by atoms with E-state index in [-0.39, 0.29) is 37.2 Å². The molecule has 0 radical (unpaired) electrons. The maximum absolute atomic E-state index is 14.1. The van der Waals surface area contributed by atoms with Crippen LogP contribution in [0, 0.1) is 11.8 Å². The van der Waals surface area contributed by atoms with Crippen LogP contribution < -0.4 is 5.73 Å². The second-order valence-corrected chi connectivity index (χ2v) is 12.7. The summed E-state index contributed by atoms with van der Waals surface area (Å²) in [5.74, 6) is -6.61. The van der Waals surface area contributed by atoms with Gasteiger partial charge in [-0.05, 0) is 74.3 Å². The molecule has 6 rings (SSSR count). The van der Waals surface area contributed by atoms with Gasteiger partial charge in [0.25, 0.3) is 5.91 Å². The molecule has 4 atom stereocenters. The Hall–Kier alpha value is -4.03. The minimum absolute atomic E-state index is 0. The molecule has 1 saturated carbocycles. The van der Waals surface area contributed by atoms with Gasteiger partial charge in [0.1, 0.15) is 22.8 Å². The molecule has 11 nitrogen and oxygen atoms in total. The molecular weight excluding hydrogens is 576 g/mol. The number of carbonyl (C=O) groups is 3. The van der Waals surface area contributed by atoms with Crippen LogP contribution in [0.25, 0.3) is 16.9 Å². The quantitative estimate of drug-likeness (QED) is 0.313. The van der Waals surface area contributed by atoms with Gasteiger partial charge in [0.05, 0.1) is 11.6 Å². The van der Waals surface area contributed by atoms with Crippen LogP contribution in [-0.2, 0) is 27.3 Å². The molecule has 0 unspecified atom stereocenters. The molecule has 1 heterocycles. The van der Waals surface area contributed by atoms with Crippen molar-refractivity contribution in [3.8, 4) is 16.9 Å². The summed E-state index contributed by atoms with van der Waals surface area (Å²) >= 11 is 0. The highest BCUT2D eigenvalue weighted by molar-refractivity contribution is 6.24. The molecular formula is C34H42N4O7. The van der Waals surface area contributed by atoms with E-state index in [9.17, 15) is 34.8 Å². The van der Waals surface area contributed by atoms with Crippen molar-refractivity contribution in [3.63, 3.8) is 0 Å². The standard InChI is InChI=1S/C33H38N4O7.CH4/c1-35(2)27-22-15-19-14-21-20(18-6-4-5-17(13-18)16-37-11-9-36(3)10-12-37)7-8-23(38)25(21)28(39)24(19)30(41)33(22,44)31(42)26(29(27)40)32(34)43;/h4-8,13,19,22,27,38-39,42,44H,9-12,14-16H2,1-3H3,(H2,34,43);1H4/t19-,22-,27-,33-;/m0./s1. The Balaban J connectivity index is 0.00000400. The number of aromatic hydroxyl groups is 1. The SMILES string of the molecule is C.CN1CCN(Cc2cccc(-c3ccc(O)c4c3C[C@H]3C[C@H]5[C@H](N(C)C)C(=O)C(C(N)=O)=C(O)[C@@]5(O)C(=O)C3=C4O)c2)CC1. The molecule has 2 aromatic rings. The number of rotatable bonds is 5. The van der Waals surface area contributed by atoms with Gasteiger partial charge in [-0.3, -0.25) is 24.2 Å². The Kier molecular flexibility index (Phi) is 8.43. The molecule has 1 aliphatic heterocycles. The Morgan fingerprint density at radius 3 is 2.40 bits per heavy atom. The second-order valence-electron chi connectivity index (χ2n) is 12.7. The number of amides is 1. The van der Waals surface area contributed by atoms with E-state index in [1.807, 2.05) is 12.1 Å². The molecule has 0 bridgehead atoms. The van der Waals surface area contributed by atoms with Crippen molar-refractivity contribution in [2.75, 3.05) is 47.3 Å². The van der Waals surface area contributed by atoms with Crippen molar-refractivity contribution >= 4 is 23.2 Å². The number of aliphatic hydroxyl groups is 3. The molecule has 45 heavy (non-hydrogen) atoms. The zero-order valence-corrected chi connectivity index (χ0v) is 25.1. The van der Waals surface area contributed by atoms with Gasteiger partial charge >= 0.3 is 0 Å². The predicted octanol–water partition coefficient (Wildman–Crippen LogP) is 2.01. The van der Waals surface area contributed by atoms with Crippen LogP contribution in [0.3, 0.4) is 0 Å². The van der Waals surface area contributed by atoms with Crippen LogP contribution in [0.1, 0.15) is 30.5 Å². The third-order valence-corrected chi connectivity index (χ3v) is 9.84. The lowest BCUT2D eigenvalue weighted by molar-refractivity contribution is -0.153. The summed E-state index contributed by atoms with van der Waals surface area (Å²) in [6.07, 6.45) is 0.283. The number of phenolic OH excluding ortho intramolecular Hbond substituents is 1. The lowest BCUT2D eigenvalue weighted by Gasteiger charge is -2.50. The molecule has 0 spiro atoms. The summed E-state index contributed by atoms with van der Waals surface area (Å²) in [5, 5.41) is 45.3. The van der Waals surface area contributed by atoms with Crippen LogP contribution in [0.5, 0.6) is 5.75 Å². The first-order valence-corrected chi connectivity index (χ1v) is 14.8. The molecule has 4 aliphatic rings. The number of nitrogens with zero attached hydrogens (tertiary/aromatic N) is 3. The predicted molar refractivity (Wildman–Crippen MR) is 169 cm³/mol. The number of Topliss-reactive ketones (excluding diaryl/α,β-unsaturated/α-hetero) is 2. The summed E-state index contributed by atoms with van der Waals surface area (Å²) in [6.45, 7) is 4.75. The number of likely N-dealkylation sites (N-methyl/N-ethyl adjacent to an activating group) is 2. The average molecular weight is 619 g/mol. The smallest absolute Gasteiger partial charge is 0.255 e. The van der Waals surface area contributed by atoms with E-state index >= 15 is 0 Å². The van der Waals surface area contributed by atoms with Crippen molar-refractivity contribution in [3.05, 3.63) is 70.0 Å². The van der Waals surface area contributed by atoms with Crippen LogP contribution in [-0.4, -0.2) is 112 Å². The van der Waals surface area contributed by atoms with Gasteiger partial charge < -0.3 is 31.1 Å². The van der Waals surface area contributed by atoms with Crippen molar-refractivity contribution in [1.29, 1.82) is 0 Å². The molecule has 2 aromatic carbocycles. The number of aliphatic hydroxyl groups excluding tert-OH is 2. The monoisotopic (exact) mass is 618 g/mol. The molecule has 1 amide bonds. The van der Waals surface area contributed by atoms with E-state index < -0.39 is 58.0 Å². The average Bonchev–Trinajstić information content (AvgIpc) is 2.96. The molecule has 0 aromatic heterocycles. The summed E-state index contributed by atoms with van der Waals surface area (Å²) in [4.78, 5) is 45.8. The van der Waals surface area contributed by atoms with E-state index in [1.54, 1.807) is 20.2 Å². The van der Waals surface area contributed by atoms with Crippen LogP contribution >= 0.6 is 0 Å². The van der Waals surface area contributed by atoms with Gasteiger partial charge in [0.2, 0.25) is 5.78 Å². The molecule has 3 aliphatic carbocycles. The second kappa shape index (κ2) is 11.7. The van der Waals surface area contributed by atoms with Crippen molar-refractivity contribution < 1.29 is 34.8 Å². The molecule has 1 saturated heterocycles. The fourth-order valence-corrected chi connectivity index (χ4v) is 7.62. The van der Waals surface area contributed by atoms with Crippen LogP contribution in [0.2, 0.25) is 0 Å². The van der Waals surface area contributed by atoms with Crippen molar-refractivity contribution in [1.82, 2.24) is 14.7 Å². The first kappa shape index (κ1) is 32.4. The van der Waals surface area contributed by atoms with E-state index in [0.29, 0.717) is 5.56 Å². The summed E-state index contributed by atoms with van der Waals surface area (Å²) in [6, 6.07) is 10.3. The maximum Gasteiger partial charge on any atom is 0.255 e. The number of primary amides is 1. The number of hydrogen-bond donors (Lipinski definition) is 5. The minimum atomic E-state index is -2.66. The van der Waals surface area contributed by atoms with Gasteiger partial charge in [0.15, 0.2) is 11.4 Å². The lowest BCUT2D eigenvalue weighted by atomic mass is 9.57. The van der Waals surface area contributed by atoms with Gasteiger partial charge in [-0.15, -0.1) is 0 Å². The number of carbonyl (C=O) groups excluding carboxylic acids is 3. The van der Waals surface area contributed by atoms with Gasteiger partial charge in [0, 0.05) is 44.2 Å². The fourth-order valence-electron chi connectivity index (χ4n) is 7.62. The number of fused-ring (bicyclic) bond motifs is 3. The van der Waals surface area contributed by atoms with Crippen LogP contribution in [0.4, 0.5) is 0 Å². The largest absolute Gasteiger partial charge is 0.508 e. The summed E-state index contributed by atoms with van der Waals surface area (Å²) in [5.41, 5.74) is 5.31. The number of nitrogens with two attached hydrogens (primary N) is 1.